The maximum atomic E-state index is 12.4. The fourth-order valence-corrected chi connectivity index (χ4v) is 2.64. The van der Waals surface area contributed by atoms with E-state index in [0.717, 1.165) is 0 Å². The highest BCUT2D eigenvalue weighted by Gasteiger charge is 2.36. The summed E-state index contributed by atoms with van der Waals surface area (Å²) in [7, 11) is 3.04. The predicted molar refractivity (Wildman–Crippen MR) is 89.6 cm³/mol. The lowest BCUT2D eigenvalue weighted by Gasteiger charge is -2.20. The molecule has 0 radical (unpaired) electrons. The van der Waals surface area contributed by atoms with E-state index in [4.69, 9.17) is 14.2 Å². The summed E-state index contributed by atoms with van der Waals surface area (Å²) >= 11 is 0. The Bertz CT molecular complexity index is 661. The van der Waals surface area contributed by atoms with Gasteiger partial charge >= 0.3 is 5.97 Å². The maximum Gasteiger partial charge on any atom is 0.325 e. The summed E-state index contributed by atoms with van der Waals surface area (Å²) < 4.78 is 15.2. The van der Waals surface area contributed by atoms with Crippen LogP contribution in [0.3, 0.4) is 0 Å². The number of nitrogens with one attached hydrogen (secondary N) is 1. The Morgan fingerprint density at radius 3 is 2.68 bits per heavy atom. The number of anilines is 1. The quantitative estimate of drug-likeness (QED) is 0.729. The summed E-state index contributed by atoms with van der Waals surface area (Å²) in [6.07, 6.45) is 0.0645. The first-order valence-corrected chi connectivity index (χ1v) is 7.95. The summed E-state index contributed by atoms with van der Waals surface area (Å²) in [5.74, 6) is -0.501. The molecule has 1 saturated heterocycles. The largest absolute Gasteiger partial charge is 0.497 e. The Morgan fingerprint density at radius 2 is 2.04 bits per heavy atom. The highest BCUT2D eigenvalue weighted by Crippen LogP contribution is 2.35. The number of esters is 1. The van der Waals surface area contributed by atoms with Crippen molar-refractivity contribution in [3.8, 4) is 11.5 Å². The van der Waals surface area contributed by atoms with Crippen molar-refractivity contribution in [2.24, 2.45) is 5.92 Å². The highest BCUT2D eigenvalue weighted by atomic mass is 16.5. The van der Waals surface area contributed by atoms with Gasteiger partial charge in [0.25, 0.3) is 0 Å². The Hall–Kier alpha value is -2.77. The van der Waals surface area contributed by atoms with Gasteiger partial charge in [0.15, 0.2) is 0 Å². The van der Waals surface area contributed by atoms with Gasteiger partial charge in [0.2, 0.25) is 11.8 Å². The second-order valence-electron chi connectivity index (χ2n) is 5.47. The molecular formula is C17H22N2O6. The highest BCUT2D eigenvalue weighted by molar-refractivity contribution is 6.01. The predicted octanol–water partition coefficient (Wildman–Crippen LogP) is 0.736. The average molecular weight is 350 g/mol. The molecule has 1 fully saturated rings. The van der Waals surface area contributed by atoms with Crippen LogP contribution in [-0.2, 0) is 19.1 Å². The third kappa shape index (κ3) is 4.40. The molecule has 2 amide bonds. The van der Waals surface area contributed by atoms with Crippen LogP contribution in [0, 0.1) is 5.92 Å². The van der Waals surface area contributed by atoms with Crippen molar-refractivity contribution in [3.05, 3.63) is 18.2 Å². The van der Waals surface area contributed by atoms with Crippen molar-refractivity contribution in [1.29, 1.82) is 0 Å². The van der Waals surface area contributed by atoms with Gasteiger partial charge in [-0.3, -0.25) is 14.4 Å². The molecule has 1 aliphatic rings. The summed E-state index contributed by atoms with van der Waals surface area (Å²) in [4.78, 5) is 37.4. The minimum atomic E-state index is -0.544. The Balaban J connectivity index is 2.07. The zero-order chi connectivity index (χ0) is 18.4. The number of carbonyl (C=O) groups excluding carboxylic acids is 3. The number of hydrogen-bond acceptors (Lipinski definition) is 6. The van der Waals surface area contributed by atoms with E-state index >= 15 is 0 Å². The van der Waals surface area contributed by atoms with Crippen molar-refractivity contribution < 1.29 is 28.6 Å². The molecule has 1 aromatic rings. The third-order valence-corrected chi connectivity index (χ3v) is 3.88. The molecule has 8 nitrogen and oxygen atoms in total. The lowest BCUT2D eigenvalue weighted by Crippen LogP contribution is -2.36. The number of hydrogen-bond donors (Lipinski definition) is 1. The molecule has 1 heterocycles. The zero-order valence-electron chi connectivity index (χ0n) is 14.5. The molecule has 0 spiro atoms. The number of carbonyl (C=O) groups is 3. The standard InChI is InChI=1S/C17H22N2O6/c1-4-25-16(21)9-18-17(22)11-7-15(20)19(10-11)13-8-12(23-2)5-6-14(13)24-3/h5-6,8,11H,4,7,9-10H2,1-3H3,(H,18,22)/t11-/m0/s1. The first kappa shape index (κ1) is 18.6. The Kier molecular flexibility index (Phi) is 6.21. The zero-order valence-corrected chi connectivity index (χ0v) is 14.5. The van der Waals surface area contributed by atoms with Gasteiger partial charge in [-0.15, -0.1) is 0 Å². The second-order valence-corrected chi connectivity index (χ2v) is 5.47. The van der Waals surface area contributed by atoms with Crippen molar-refractivity contribution in [2.75, 3.05) is 38.8 Å². The first-order valence-electron chi connectivity index (χ1n) is 7.95. The van der Waals surface area contributed by atoms with Crippen molar-refractivity contribution in [1.82, 2.24) is 5.32 Å². The topological polar surface area (TPSA) is 94.2 Å². The summed E-state index contributed by atoms with van der Waals surface area (Å²) in [5, 5.41) is 2.50. The number of methoxy groups -OCH3 is 2. The molecule has 0 aromatic heterocycles. The number of ether oxygens (including phenoxy) is 3. The molecule has 0 bridgehead atoms. The van der Waals surface area contributed by atoms with E-state index in [2.05, 4.69) is 5.32 Å². The lowest BCUT2D eigenvalue weighted by atomic mass is 10.1. The van der Waals surface area contributed by atoms with E-state index < -0.39 is 11.9 Å². The van der Waals surface area contributed by atoms with Crippen LogP contribution in [-0.4, -0.2) is 51.7 Å². The van der Waals surface area contributed by atoms with Gasteiger partial charge in [0, 0.05) is 19.0 Å². The third-order valence-electron chi connectivity index (χ3n) is 3.88. The van der Waals surface area contributed by atoms with Crippen molar-refractivity contribution in [2.45, 2.75) is 13.3 Å². The van der Waals surface area contributed by atoms with Gasteiger partial charge in [0.05, 0.1) is 32.4 Å². The van der Waals surface area contributed by atoms with Crippen LogP contribution >= 0.6 is 0 Å². The molecule has 0 aliphatic carbocycles. The molecule has 1 atom stereocenters. The second kappa shape index (κ2) is 8.36. The minimum absolute atomic E-state index is 0.0645. The van der Waals surface area contributed by atoms with E-state index in [1.807, 2.05) is 0 Å². The molecule has 0 unspecified atom stereocenters. The van der Waals surface area contributed by atoms with Crippen LogP contribution in [0.2, 0.25) is 0 Å². The van der Waals surface area contributed by atoms with Gasteiger partial charge in [-0.05, 0) is 19.1 Å². The van der Waals surface area contributed by atoms with Crippen LogP contribution in [0.25, 0.3) is 0 Å². The molecule has 2 rings (SSSR count). The number of benzene rings is 1. The molecular weight excluding hydrogens is 328 g/mol. The molecule has 1 N–H and O–H groups in total. The van der Waals surface area contributed by atoms with Gasteiger partial charge in [-0.25, -0.2) is 0 Å². The first-order chi connectivity index (χ1) is 12.0. The summed E-state index contributed by atoms with van der Waals surface area (Å²) in [5.41, 5.74) is 0.549. The van der Waals surface area contributed by atoms with E-state index in [1.54, 1.807) is 25.1 Å². The lowest BCUT2D eigenvalue weighted by molar-refractivity contribution is -0.143. The Morgan fingerprint density at radius 1 is 1.28 bits per heavy atom. The van der Waals surface area contributed by atoms with Gasteiger partial charge in [-0.2, -0.15) is 0 Å². The fourth-order valence-electron chi connectivity index (χ4n) is 2.64. The number of amides is 2. The normalized spacial score (nSPS) is 16.5. The van der Waals surface area contributed by atoms with Crippen LogP contribution in [0.4, 0.5) is 5.69 Å². The van der Waals surface area contributed by atoms with Crippen LogP contribution < -0.4 is 19.7 Å². The molecule has 0 saturated carbocycles. The molecule has 136 valence electrons. The SMILES string of the molecule is CCOC(=O)CNC(=O)[C@H]1CC(=O)N(c2cc(OC)ccc2OC)C1. The molecule has 1 aromatic carbocycles. The monoisotopic (exact) mass is 350 g/mol. The van der Waals surface area contributed by atoms with Gasteiger partial charge < -0.3 is 24.4 Å². The minimum Gasteiger partial charge on any atom is -0.497 e. The average Bonchev–Trinajstić information content (AvgIpc) is 3.01. The van der Waals surface area contributed by atoms with Crippen LogP contribution in [0.1, 0.15) is 13.3 Å². The molecule has 1 aliphatic heterocycles. The number of nitrogens with zero attached hydrogens (tertiary/aromatic N) is 1. The summed E-state index contributed by atoms with van der Waals surface area (Å²) in [6.45, 7) is 1.94. The van der Waals surface area contributed by atoms with Crippen LogP contribution in [0.15, 0.2) is 18.2 Å². The van der Waals surface area contributed by atoms with Crippen LogP contribution in [0.5, 0.6) is 11.5 Å². The maximum absolute atomic E-state index is 12.4. The van der Waals surface area contributed by atoms with Gasteiger partial charge in [0.1, 0.15) is 18.0 Å². The van der Waals surface area contributed by atoms with Crippen molar-refractivity contribution in [3.63, 3.8) is 0 Å². The molecule has 25 heavy (non-hydrogen) atoms. The fraction of sp³-hybridized carbons (Fsp3) is 0.471. The van der Waals surface area contributed by atoms with E-state index in [0.29, 0.717) is 17.2 Å². The Labute approximate surface area is 146 Å². The van der Waals surface area contributed by atoms with E-state index in [-0.39, 0.29) is 37.9 Å². The van der Waals surface area contributed by atoms with E-state index in [9.17, 15) is 14.4 Å². The van der Waals surface area contributed by atoms with Crippen molar-refractivity contribution >= 4 is 23.5 Å². The molecule has 8 heteroatoms. The smallest absolute Gasteiger partial charge is 0.325 e. The van der Waals surface area contributed by atoms with E-state index in [1.165, 1.54) is 19.1 Å². The summed E-state index contributed by atoms with van der Waals surface area (Å²) in [6, 6.07) is 5.12. The van der Waals surface area contributed by atoms with Gasteiger partial charge in [-0.1, -0.05) is 0 Å². The number of rotatable bonds is 7.